The lowest BCUT2D eigenvalue weighted by Crippen LogP contribution is -2.49. The Morgan fingerprint density at radius 3 is 2.67 bits per heavy atom. The number of benzene rings is 1. The highest BCUT2D eigenvalue weighted by atomic mass is 16.5. The van der Waals surface area contributed by atoms with Gasteiger partial charge in [-0.15, -0.1) is 0 Å². The van der Waals surface area contributed by atoms with Crippen molar-refractivity contribution in [2.45, 2.75) is 38.1 Å². The predicted octanol–water partition coefficient (Wildman–Crippen LogP) is 3.13. The lowest BCUT2D eigenvalue weighted by Gasteiger charge is -2.44. The van der Waals surface area contributed by atoms with E-state index >= 15 is 0 Å². The number of ether oxygens (including phenoxy) is 3. The molecular weight excluding hydrogens is 306 g/mol. The van der Waals surface area contributed by atoms with Crippen molar-refractivity contribution in [3.63, 3.8) is 0 Å². The van der Waals surface area contributed by atoms with Crippen LogP contribution in [0.3, 0.4) is 0 Å². The quantitative estimate of drug-likeness (QED) is 0.775. The summed E-state index contributed by atoms with van der Waals surface area (Å²) in [6.45, 7) is 2.91. The van der Waals surface area contributed by atoms with Crippen molar-refractivity contribution in [3.05, 3.63) is 23.8 Å². The normalized spacial score (nSPS) is 24.1. The van der Waals surface area contributed by atoms with Gasteiger partial charge < -0.3 is 14.2 Å². The second-order valence-corrected chi connectivity index (χ2v) is 6.67. The zero-order valence-electron chi connectivity index (χ0n) is 14.6. The van der Waals surface area contributed by atoms with Gasteiger partial charge in [0.1, 0.15) is 0 Å². The van der Waals surface area contributed by atoms with Crippen molar-refractivity contribution >= 4 is 5.97 Å². The van der Waals surface area contributed by atoms with Crippen molar-refractivity contribution in [1.82, 2.24) is 4.90 Å². The molecule has 24 heavy (non-hydrogen) atoms. The van der Waals surface area contributed by atoms with E-state index < -0.39 is 0 Å². The highest BCUT2D eigenvalue weighted by molar-refractivity contribution is 5.90. The zero-order chi connectivity index (χ0) is 16.9. The first-order chi connectivity index (χ1) is 11.7. The summed E-state index contributed by atoms with van der Waals surface area (Å²) < 4.78 is 16.1. The SMILES string of the molecule is COc1ccc(C(=O)OC[C@H]2CCCN3CCCC[C@H]23)cc1OC. The summed E-state index contributed by atoms with van der Waals surface area (Å²) >= 11 is 0. The zero-order valence-corrected chi connectivity index (χ0v) is 14.6. The van der Waals surface area contributed by atoms with Gasteiger partial charge in [0.25, 0.3) is 0 Å². The summed E-state index contributed by atoms with van der Waals surface area (Å²) in [5.41, 5.74) is 0.504. The molecule has 5 nitrogen and oxygen atoms in total. The average molecular weight is 333 g/mol. The molecule has 0 amide bonds. The summed E-state index contributed by atoms with van der Waals surface area (Å²) in [5, 5.41) is 0. The van der Waals surface area contributed by atoms with E-state index in [1.165, 1.54) is 38.8 Å². The highest BCUT2D eigenvalue weighted by Crippen LogP contribution is 2.32. The molecule has 3 rings (SSSR count). The van der Waals surface area contributed by atoms with Crippen LogP contribution in [0.2, 0.25) is 0 Å². The molecule has 1 aromatic rings. The number of methoxy groups -OCH3 is 2. The van der Waals surface area contributed by atoms with Gasteiger partial charge in [-0.3, -0.25) is 4.90 Å². The highest BCUT2D eigenvalue weighted by Gasteiger charge is 2.33. The smallest absolute Gasteiger partial charge is 0.338 e. The fourth-order valence-electron chi connectivity index (χ4n) is 4.00. The molecule has 2 saturated heterocycles. The number of hydrogen-bond acceptors (Lipinski definition) is 5. The summed E-state index contributed by atoms with van der Waals surface area (Å²) in [4.78, 5) is 15.0. The summed E-state index contributed by atoms with van der Waals surface area (Å²) in [5.74, 6) is 1.33. The van der Waals surface area contributed by atoms with Gasteiger partial charge in [-0.1, -0.05) is 6.42 Å². The average Bonchev–Trinajstić information content (AvgIpc) is 2.65. The van der Waals surface area contributed by atoms with E-state index in [1.54, 1.807) is 32.4 Å². The standard InChI is InChI=1S/C19H27NO4/c1-22-17-9-8-14(12-18(17)23-2)19(21)24-13-15-6-5-11-20-10-4-3-7-16(15)20/h8-9,12,15-16H,3-7,10-11,13H2,1-2H3/t15-,16-/m1/s1. The minimum atomic E-state index is -0.288. The molecule has 2 aliphatic rings. The summed E-state index contributed by atoms with van der Waals surface area (Å²) in [7, 11) is 3.14. The number of carbonyl (C=O) groups excluding carboxylic acids is 1. The molecule has 2 fully saturated rings. The van der Waals surface area contributed by atoms with E-state index in [1.807, 2.05) is 0 Å². The van der Waals surface area contributed by atoms with E-state index in [-0.39, 0.29) is 5.97 Å². The maximum absolute atomic E-state index is 12.4. The second kappa shape index (κ2) is 7.88. The minimum Gasteiger partial charge on any atom is -0.493 e. The Balaban J connectivity index is 1.60. The first-order valence-electron chi connectivity index (χ1n) is 8.86. The Morgan fingerprint density at radius 1 is 1.08 bits per heavy atom. The monoisotopic (exact) mass is 333 g/mol. The molecule has 132 valence electrons. The van der Waals surface area contributed by atoms with E-state index in [9.17, 15) is 4.79 Å². The number of piperidine rings is 2. The van der Waals surface area contributed by atoms with Gasteiger partial charge in [-0.05, 0) is 57.0 Å². The van der Waals surface area contributed by atoms with Crippen LogP contribution in [0.25, 0.3) is 0 Å². The van der Waals surface area contributed by atoms with Crippen molar-refractivity contribution in [2.24, 2.45) is 5.92 Å². The molecule has 2 aliphatic heterocycles. The Hall–Kier alpha value is -1.75. The Labute approximate surface area is 143 Å². The van der Waals surface area contributed by atoms with Crippen LogP contribution < -0.4 is 9.47 Å². The lowest BCUT2D eigenvalue weighted by atomic mass is 9.84. The van der Waals surface area contributed by atoms with E-state index in [4.69, 9.17) is 14.2 Å². The molecule has 5 heteroatoms. The van der Waals surface area contributed by atoms with Crippen LogP contribution in [0, 0.1) is 5.92 Å². The maximum Gasteiger partial charge on any atom is 0.338 e. The second-order valence-electron chi connectivity index (χ2n) is 6.67. The molecule has 2 heterocycles. The fourth-order valence-corrected chi connectivity index (χ4v) is 4.00. The van der Waals surface area contributed by atoms with E-state index in [2.05, 4.69) is 4.90 Å². The molecular formula is C19H27NO4. The van der Waals surface area contributed by atoms with Crippen LogP contribution >= 0.6 is 0 Å². The van der Waals surface area contributed by atoms with Gasteiger partial charge in [-0.2, -0.15) is 0 Å². The first kappa shape index (κ1) is 17.1. The first-order valence-corrected chi connectivity index (χ1v) is 8.86. The van der Waals surface area contributed by atoms with Gasteiger partial charge in [0.2, 0.25) is 0 Å². The van der Waals surface area contributed by atoms with Crippen LogP contribution in [0.4, 0.5) is 0 Å². The Morgan fingerprint density at radius 2 is 1.88 bits per heavy atom. The molecule has 0 spiro atoms. The third-order valence-corrected chi connectivity index (χ3v) is 5.28. The van der Waals surface area contributed by atoms with Crippen LogP contribution in [-0.2, 0) is 4.74 Å². The Kier molecular flexibility index (Phi) is 5.61. The number of fused-ring (bicyclic) bond motifs is 1. The van der Waals surface area contributed by atoms with Gasteiger partial charge in [-0.25, -0.2) is 4.79 Å². The van der Waals surface area contributed by atoms with E-state index in [0.29, 0.717) is 35.6 Å². The van der Waals surface area contributed by atoms with E-state index in [0.717, 1.165) is 6.42 Å². The van der Waals surface area contributed by atoms with Crippen LogP contribution in [0.5, 0.6) is 11.5 Å². The molecule has 0 aliphatic carbocycles. The summed E-state index contributed by atoms with van der Waals surface area (Å²) in [6.07, 6.45) is 6.18. The molecule has 1 aromatic carbocycles. The Bertz CT molecular complexity index is 572. The van der Waals surface area contributed by atoms with Gasteiger partial charge in [0, 0.05) is 12.0 Å². The predicted molar refractivity (Wildman–Crippen MR) is 91.8 cm³/mol. The molecule has 0 aromatic heterocycles. The third kappa shape index (κ3) is 3.66. The van der Waals surface area contributed by atoms with Gasteiger partial charge >= 0.3 is 5.97 Å². The van der Waals surface area contributed by atoms with Crippen LogP contribution in [0.1, 0.15) is 42.5 Å². The van der Waals surface area contributed by atoms with Crippen molar-refractivity contribution < 1.29 is 19.0 Å². The maximum atomic E-state index is 12.4. The number of carbonyl (C=O) groups is 1. The van der Waals surface area contributed by atoms with Crippen molar-refractivity contribution in [3.8, 4) is 11.5 Å². The number of nitrogens with zero attached hydrogens (tertiary/aromatic N) is 1. The van der Waals surface area contributed by atoms with Crippen LogP contribution in [0.15, 0.2) is 18.2 Å². The van der Waals surface area contributed by atoms with Crippen LogP contribution in [-0.4, -0.2) is 50.8 Å². The molecule has 0 bridgehead atoms. The third-order valence-electron chi connectivity index (χ3n) is 5.28. The molecule has 0 unspecified atom stereocenters. The molecule has 0 N–H and O–H groups in total. The number of hydrogen-bond donors (Lipinski definition) is 0. The summed E-state index contributed by atoms with van der Waals surface area (Å²) in [6, 6.07) is 5.72. The molecule has 0 saturated carbocycles. The molecule has 2 atom stereocenters. The minimum absolute atomic E-state index is 0.288. The van der Waals surface area contributed by atoms with Crippen molar-refractivity contribution in [2.75, 3.05) is 33.9 Å². The molecule has 0 radical (unpaired) electrons. The topological polar surface area (TPSA) is 48.0 Å². The fraction of sp³-hybridized carbons (Fsp3) is 0.632. The van der Waals surface area contributed by atoms with Crippen molar-refractivity contribution in [1.29, 1.82) is 0 Å². The van der Waals surface area contributed by atoms with Gasteiger partial charge in [0.05, 0.1) is 26.4 Å². The number of esters is 1. The van der Waals surface area contributed by atoms with Gasteiger partial charge in [0.15, 0.2) is 11.5 Å². The number of rotatable bonds is 5. The largest absolute Gasteiger partial charge is 0.493 e. The lowest BCUT2D eigenvalue weighted by molar-refractivity contribution is 0.00737.